The molecule has 352 valence electrons. The van der Waals surface area contributed by atoms with Gasteiger partial charge in [0, 0.05) is 40.4 Å². The van der Waals surface area contributed by atoms with Gasteiger partial charge in [-0.05, 0) is 49.5 Å². The van der Waals surface area contributed by atoms with Gasteiger partial charge in [0.15, 0.2) is 6.10 Å². The Balaban J connectivity index is 2.90. The van der Waals surface area contributed by atoms with E-state index < -0.39 is 96.4 Å². The highest BCUT2D eigenvalue weighted by molar-refractivity contribution is 5.97. The summed E-state index contributed by atoms with van der Waals surface area (Å²) in [7, 11) is 3.74. The van der Waals surface area contributed by atoms with Crippen LogP contribution in [0.1, 0.15) is 112 Å². The van der Waals surface area contributed by atoms with Crippen molar-refractivity contribution in [2.75, 3.05) is 21.1 Å². The lowest BCUT2D eigenvalue weighted by molar-refractivity contribution is -0.166. The number of likely N-dealkylation sites (N-methyl/N-ethyl adjacent to an activating group) is 3. The van der Waals surface area contributed by atoms with Crippen LogP contribution in [0, 0.1) is 29.1 Å². The lowest BCUT2D eigenvalue weighted by Gasteiger charge is -2.35. The number of ether oxygens (including phenoxy) is 1. The number of hydrogen-bond acceptors (Lipinski definition) is 9. The van der Waals surface area contributed by atoms with Crippen molar-refractivity contribution in [1.82, 2.24) is 30.7 Å². The molecule has 1 aliphatic rings. The second-order valence-electron chi connectivity index (χ2n) is 17.6. The molecule has 1 aromatic carbocycles. The number of carbonyl (C=O) groups is 7. The first kappa shape index (κ1) is 53.9. The Labute approximate surface area is 370 Å². The summed E-state index contributed by atoms with van der Waals surface area (Å²) in [5.74, 6) is -7.11. The molecule has 0 aliphatic carbocycles. The lowest BCUT2D eigenvalue weighted by atomic mass is 9.94. The molecule has 18 heteroatoms. The third-order valence-corrected chi connectivity index (χ3v) is 11.2. The van der Waals surface area contributed by atoms with Gasteiger partial charge >= 0.3 is 12.1 Å². The van der Waals surface area contributed by atoms with Crippen LogP contribution in [-0.4, -0.2) is 126 Å². The molecular formula is C45H68F3N7O8. The number of amides is 6. The predicted molar refractivity (Wildman–Crippen MR) is 229 cm³/mol. The molecule has 1 fully saturated rings. The standard InChI is InChI=1S/C45H68F3N7O8/c1-11-12-17-29(6)24-33-42(60)54(9)35(23-28(4)5)38(56)50-32(22-27(2)3)41(59)55(10)36(25-31-18-14-13-15-19-31)39(57)52-34(26-45(46,47)48)43(61)53(8)30(7)44(62)63-37(20-16-21-49)40(58)51-33/h13-15,18-19,27-30,32-37H,11-12,16-17,20,22-26H2,1-10H3,(H,50,56)(H,51,58)(H,52,57)/t29-,30+,32?,33+,34+,35?,36+,37?/m1/s1. The Hall–Kier alpha value is -5.21. The van der Waals surface area contributed by atoms with E-state index in [0.29, 0.717) is 16.9 Å². The van der Waals surface area contributed by atoms with Crippen LogP contribution < -0.4 is 16.0 Å². The third kappa shape index (κ3) is 17.1. The van der Waals surface area contributed by atoms with Crippen LogP contribution >= 0.6 is 0 Å². The van der Waals surface area contributed by atoms with Gasteiger partial charge in [-0.3, -0.25) is 28.8 Å². The molecule has 6 amide bonds. The van der Waals surface area contributed by atoms with Crippen LogP contribution in [0.3, 0.4) is 0 Å². The minimum atomic E-state index is -4.99. The molecule has 0 saturated carbocycles. The van der Waals surface area contributed by atoms with Crippen molar-refractivity contribution >= 4 is 41.4 Å². The number of cyclic esters (lactones) is 1. The molecular weight excluding hydrogens is 824 g/mol. The molecule has 1 heterocycles. The number of carbonyl (C=O) groups excluding carboxylic acids is 7. The highest BCUT2D eigenvalue weighted by Gasteiger charge is 2.43. The Morgan fingerprint density at radius 1 is 0.730 bits per heavy atom. The van der Waals surface area contributed by atoms with Gasteiger partial charge < -0.3 is 35.4 Å². The summed E-state index contributed by atoms with van der Waals surface area (Å²) < 4.78 is 47.9. The summed E-state index contributed by atoms with van der Waals surface area (Å²) in [4.78, 5) is 102. The fourth-order valence-electron chi connectivity index (χ4n) is 7.42. The maximum Gasteiger partial charge on any atom is 0.391 e. The van der Waals surface area contributed by atoms with Crippen LogP contribution in [0.25, 0.3) is 0 Å². The molecule has 0 aromatic heterocycles. The van der Waals surface area contributed by atoms with Crippen LogP contribution in [0.4, 0.5) is 13.2 Å². The number of halogens is 3. The Kier molecular flexibility index (Phi) is 21.6. The van der Waals surface area contributed by atoms with Crippen molar-refractivity contribution in [1.29, 1.82) is 5.26 Å². The smallest absolute Gasteiger partial charge is 0.391 e. The largest absolute Gasteiger partial charge is 0.451 e. The van der Waals surface area contributed by atoms with Gasteiger partial charge in [-0.1, -0.05) is 91.1 Å². The molecule has 3 N–H and O–H groups in total. The number of esters is 1. The van der Waals surface area contributed by atoms with Crippen molar-refractivity contribution in [2.45, 2.75) is 161 Å². The van der Waals surface area contributed by atoms with Crippen molar-refractivity contribution in [3.63, 3.8) is 0 Å². The molecule has 1 aliphatic heterocycles. The van der Waals surface area contributed by atoms with Gasteiger partial charge in [0.1, 0.15) is 36.3 Å². The van der Waals surface area contributed by atoms with Crippen molar-refractivity contribution in [2.24, 2.45) is 17.8 Å². The summed E-state index contributed by atoms with van der Waals surface area (Å²) in [6.07, 6.45) is -6.55. The molecule has 63 heavy (non-hydrogen) atoms. The molecule has 2 rings (SSSR count). The zero-order valence-corrected chi connectivity index (χ0v) is 38.4. The average molecular weight is 892 g/mol. The number of hydrogen-bond donors (Lipinski definition) is 3. The fraction of sp³-hybridized carbons (Fsp3) is 0.689. The first-order valence-electron chi connectivity index (χ1n) is 21.8. The van der Waals surface area contributed by atoms with E-state index in [4.69, 9.17) is 4.74 Å². The third-order valence-electron chi connectivity index (χ3n) is 11.2. The van der Waals surface area contributed by atoms with E-state index in [0.717, 1.165) is 31.7 Å². The predicted octanol–water partition coefficient (Wildman–Crippen LogP) is 4.67. The molecule has 3 unspecified atom stereocenters. The number of nitrogens with zero attached hydrogens (tertiary/aromatic N) is 4. The quantitative estimate of drug-likeness (QED) is 0.222. The van der Waals surface area contributed by atoms with Gasteiger partial charge in [0.05, 0.1) is 12.5 Å². The van der Waals surface area contributed by atoms with E-state index in [1.165, 1.54) is 19.0 Å². The Morgan fingerprint density at radius 3 is 1.78 bits per heavy atom. The average Bonchev–Trinajstić information content (AvgIpc) is 3.21. The molecule has 1 saturated heterocycles. The van der Waals surface area contributed by atoms with Gasteiger partial charge in [0.2, 0.25) is 29.5 Å². The van der Waals surface area contributed by atoms with Gasteiger partial charge in [0.25, 0.3) is 5.91 Å². The molecule has 8 atom stereocenters. The van der Waals surface area contributed by atoms with Crippen LogP contribution in [-0.2, 0) is 44.7 Å². The van der Waals surface area contributed by atoms with Crippen molar-refractivity contribution in [3.05, 3.63) is 35.9 Å². The zero-order valence-electron chi connectivity index (χ0n) is 38.4. The number of benzene rings is 1. The highest BCUT2D eigenvalue weighted by Crippen LogP contribution is 2.25. The Morgan fingerprint density at radius 2 is 1.24 bits per heavy atom. The van der Waals surface area contributed by atoms with Crippen molar-refractivity contribution in [3.8, 4) is 6.07 Å². The van der Waals surface area contributed by atoms with E-state index in [9.17, 15) is 52.0 Å². The van der Waals surface area contributed by atoms with Crippen LogP contribution in [0.15, 0.2) is 30.3 Å². The zero-order chi connectivity index (χ0) is 47.8. The number of unbranched alkanes of at least 4 members (excludes halogenated alkanes) is 1. The summed E-state index contributed by atoms with van der Waals surface area (Å²) in [5, 5.41) is 17.1. The SMILES string of the molecule is CCCC[C@@H](C)C[C@@H]1NC(=O)C(CCC#N)OC(=O)[C@H](C)N(C)C(=O)[C@H](CC(F)(F)F)NC(=O)[C@H](Cc2ccccc2)N(C)C(=O)C(CC(C)C)NC(=O)C(CC(C)C)N(C)C1=O. The van der Waals surface area contributed by atoms with E-state index in [1.54, 1.807) is 30.3 Å². The molecule has 0 bridgehead atoms. The highest BCUT2D eigenvalue weighted by atomic mass is 19.4. The molecule has 15 nitrogen and oxygen atoms in total. The minimum Gasteiger partial charge on any atom is -0.451 e. The van der Waals surface area contributed by atoms with Crippen LogP contribution in [0.5, 0.6) is 0 Å². The van der Waals surface area contributed by atoms with Gasteiger partial charge in [-0.25, -0.2) is 4.79 Å². The van der Waals surface area contributed by atoms with E-state index in [2.05, 4.69) is 16.0 Å². The maximum absolute atomic E-state index is 14.6. The number of alkyl halides is 3. The topological polar surface area (TPSA) is 198 Å². The van der Waals surface area contributed by atoms with Crippen LogP contribution in [0.2, 0.25) is 0 Å². The fourth-order valence-corrected chi connectivity index (χ4v) is 7.42. The number of nitriles is 1. The normalized spacial score (nSPS) is 25.0. The minimum absolute atomic E-state index is 0.0737. The summed E-state index contributed by atoms with van der Waals surface area (Å²) in [6.45, 7) is 12.4. The first-order valence-corrected chi connectivity index (χ1v) is 21.8. The first-order chi connectivity index (χ1) is 29.4. The maximum atomic E-state index is 14.6. The summed E-state index contributed by atoms with van der Waals surface area (Å²) >= 11 is 0. The van der Waals surface area contributed by atoms with Gasteiger partial charge in [-0.15, -0.1) is 0 Å². The second-order valence-corrected chi connectivity index (χ2v) is 17.6. The Bertz CT molecular complexity index is 1760. The lowest BCUT2D eigenvalue weighted by Crippen LogP contribution is -2.60. The molecule has 0 spiro atoms. The monoisotopic (exact) mass is 892 g/mol. The van der Waals surface area contributed by atoms with E-state index in [-0.39, 0.29) is 56.3 Å². The van der Waals surface area contributed by atoms with Crippen molar-refractivity contribution < 1.29 is 51.5 Å². The summed E-state index contributed by atoms with van der Waals surface area (Å²) in [5.41, 5.74) is 0.532. The summed E-state index contributed by atoms with van der Waals surface area (Å²) in [6, 6.07) is 1.20. The number of rotatable bonds is 14. The van der Waals surface area contributed by atoms with E-state index in [1.807, 2.05) is 47.6 Å². The number of nitrogens with one attached hydrogen (secondary N) is 3. The van der Waals surface area contributed by atoms with E-state index >= 15 is 0 Å². The molecule has 1 aromatic rings. The molecule has 0 radical (unpaired) electrons. The van der Waals surface area contributed by atoms with Gasteiger partial charge in [-0.2, -0.15) is 18.4 Å². The second kappa shape index (κ2) is 25.2.